The van der Waals surface area contributed by atoms with Gasteiger partial charge in [-0.1, -0.05) is 135 Å². The van der Waals surface area contributed by atoms with Crippen LogP contribution in [0.1, 0.15) is 25.0 Å². The van der Waals surface area contributed by atoms with Crippen molar-refractivity contribution in [3.63, 3.8) is 0 Å². The summed E-state index contributed by atoms with van der Waals surface area (Å²) in [5.74, 6) is 0. The smallest absolute Gasteiger partial charge is 0.0541 e. The molecule has 0 fully saturated rings. The molecule has 2 aromatic heterocycles. The molecule has 12 aromatic rings. The molecule has 0 spiro atoms. The zero-order chi connectivity index (χ0) is 39.7. The summed E-state index contributed by atoms with van der Waals surface area (Å²) in [6.45, 7) is 4.77. The van der Waals surface area contributed by atoms with Crippen molar-refractivity contribution in [2.45, 2.75) is 19.3 Å². The molecule has 0 saturated heterocycles. The highest BCUT2D eigenvalue weighted by molar-refractivity contribution is 7.25. The first kappa shape index (κ1) is 33.7. The number of anilines is 3. The summed E-state index contributed by atoms with van der Waals surface area (Å²) in [6.07, 6.45) is 0. The van der Waals surface area contributed by atoms with Gasteiger partial charge in [0.25, 0.3) is 0 Å². The van der Waals surface area contributed by atoms with E-state index in [1.54, 1.807) is 0 Å². The second-order valence-corrected chi connectivity index (χ2v) is 18.0. The van der Waals surface area contributed by atoms with E-state index in [0.717, 1.165) is 0 Å². The lowest BCUT2D eigenvalue weighted by Gasteiger charge is -2.42. The topological polar surface area (TPSA) is 8.17 Å². The van der Waals surface area contributed by atoms with Crippen LogP contribution in [0.3, 0.4) is 0 Å². The van der Waals surface area contributed by atoms with Crippen LogP contribution in [0.25, 0.3) is 91.1 Å². The van der Waals surface area contributed by atoms with Crippen molar-refractivity contribution in [2.75, 3.05) is 4.90 Å². The molecule has 13 rings (SSSR count). The van der Waals surface area contributed by atoms with Gasteiger partial charge in [0.2, 0.25) is 0 Å². The second-order valence-electron chi connectivity index (χ2n) is 16.9. The number of benzene rings is 10. The van der Waals surface area contributed by atoms with Crippen LogP contribution in [-0.4, -0.2) is 4.57 Å². The van der Waals surface area contributed by atoms with E-state index < -0.39 is 0 Å². The molecule has 3 heterocycles. The first-order valence-corrected chi connectivity index (χ1v) is 21.7. The molecule has 0 unspecified atom stereocenters. The Bertz CT molecular complexity index is 3730. The number of rotatable bonds is 3. The monoisotopic (exact) mass is 782 g/mol. The number of para-hydroxylation sites is 2. The quantitative estimate of drug-likeness (QED) is 0.162. The minimum Gasteiger partial charge on any atom is -0.310 e. The average molecular weight is 783 g/mol. The van der Waals surface area contributed by atoms with Crippen LogP contribution >= 0.6 is 11.3 Å². The van der Waals surface area contributed by atoms with Crippen molar-refractivity contribution in [1.82, 2.24) is 4.57 Å². The number of aromatic nitrogens is 1. The van der Waals surface area contributed by atoms with Crippen molar-refractivity contribution >= 4 is 103 Å². The number of fused-ring (bicyclic) bond motifs is 14. The van der Waals surface area contributed by atoms with Gasteiger partial charge in [-0.25, -0.2) is 0 Å². The molecule has 0 bridgehead atoms. The second kappa shape index (κ2) is 12.4. The molecule has 10 aromatic carbocycles. The molecule has 0 amide bonds. The van der Waals surface area contributed by atoms with Gasteiger partial charge in [-0.15, -0.1) is 11.3 Å². The largest absolute Gasteiger partial charge is 0.310 e. The Morgan fingerprint density at radius 2 is 0.900 bits per heavy atom. The summed E-state index contributed by atoms with van der Waals surface area (Å²) < 4.78 is 5.10. The lowest BCUT2D eigenvalue weighted by Crippen LogP contribution is -2.30. The molecule has 282 valence electrons. The van der Waals surface area contributed by atoms with Gasteiger partial charge in [-0.2, -0.15) is 0 Å². The number of thiophene rings is 1. The summed E-state index contributed by atoms with van der Waals surface area (Å²) >= 11 is 1.87. The zero-order valence-electron chi connectivity index (χ0n) is 33.3. The Morgan fingerprint density at radius 1 is 0.350 bits per heavy atom. The van der Waals surface area contributed by atoms with E-state index in [2.05, 4.69) is 217 Å². The highest BCUT2D eigenvalue weighted by Gasteiger charge is 2.37. The lowest BCUT2D eigenvalue weighted by atomic mass is 9.73. The molecule has 1 aliphatic rings. The third kappa shape index (κ3) is 4.70. The fourth-order valence-corrected chi connectivity index (χ4v) is 11.6. The average Bonchev–Trinajstić information content (AvgIpc) is 3.84. The van der Waals surface area contributed by atoms with Crippen molar-refractivity contribution in [1.29, 1.82) is 0 Å². The molecule has 0 aliphatic carbocycles. The predicted octanol–water partition coefficient (Wildman–Crippen LogP) is 16.4. The van der Waals surface area contributed by atoms with Crippen LogP contribution in [0.15, 0.2) is 194 Å². The van der Waals surface area contributed by atoms with Crippen molar-refractivity contribution in [3.8, 4) is 16.8 Å². The molecule has 3 heteroatoms. The van der Waals surface area contributed by atoms with Crippen LogP contribution in [-0.2, 0) is 5.41 Å². The molecular formula is C57H38N2S. The van der Waals surface area contributed by atoms with E-state index in [4.69, 9.17) is 0 Å². The zero-order valence-corrected chi connectivity index (χ0v) is 34.1. The Morgan fingerprint density at radius 3 is 1.70 bits per heavy atom. The highest BCUT2D eigenvalue weighted by atomic mass is 32.1. The Labute approximate surface area is 351 Å². The minimum atomic E-state index is -0.219. The Balaban J connectivity index is 0.980. The minimum absolute atomic E-state index is 0.219. The molecule has 2 nitrogen and oxygen atoms in total. The van der Waals surface area contributed by atoms with E-state index in [1.165, 1.54) is 119 Å². The van der Waals surface area contributed by atoms with Gasteiger partial charge >= 0.3 is 0 Å². The van der Waals surface area contributed by atoms with Gasteiger partial charge in [-0.05, 0) is 127 Å². The van der Waals surface area contributed by atoms with E-state index in [0.29, 0.717) is 0 Å². The van der Waals surface area contributed by atoms with Crippen molar-refractivity contribution in [2.24, 2.45) is 0 Å². The van der Waals surface area contributed by atoms with Gasteiger partial charge in [0, 0.05) is 47.7 Å². The first-order chi connectivity index (χ1) is 29.5. The maximum Gasteiger partial charge on any atom is 0.0541 e. The molecule has 0 radical (unpaired) electrons. The summed E-state index contributed by atoms with van der Waals surface area (Å²) in [6, 6.07) is 72.5. The van der Waals surface area contributed by atoms with Crippen LogP contribution in [0, 0.1) is 0 Å². The van der Waals surface area contributed by atoms with Crippen LogP contribution in [0.2, 0.25) is 0 Å². The Kier molecular flexibility index (Phi) is 6.98. The van der Waals surface area contributed by atoms with Gasteiger partial charge < -0.3 is 9.47 Å². The maximum absolute atomic E-state index is 2.49. The fraction of sp³-hybridized carbons (Fsp3) is 0.0526. The SMILES string of the molecule is CC1(C)c2ccccc2N(c2ccc3c4ccccc4c4ccccc4c3c2)c2ccc(-c3ccc4c(c3)c3ccccc3n4-c3ccc4sc5ccccc5c4c3)cc21. The maximum atomic E-state index is 2.49. The van der Waals surface area contributed by atoms with E-state index in [1.807, 2.05) is 11.3 Å². The van der Waals surface area contributed by atoms with Gasteiger partial charge in [0.05, 0.1) is 22.4 Å². The summed E-state index contributed by atoms with van der Waals surface area (Å²) in [5, 5.41) is 12.9. The summed E-state index contributed by atoms with van der Waals surface area (Å²) in [4.78, 5) is 2.49. The fourth-order valence-electron chi connectivity index (χ4n) is 10.5. The van der Waals surface area contributed by atoms with Gasteiger partial charge in [0.15, 0.2) is 0 Å². The van der Waals surface area contributed by atoms with Gasteiger partial charge in [0.1, 0.15) is 0 Å². The molecule has 0 saturated carbocycles. The van der Waals surface area contributed by atoms with E-state index in [9.17, 15) is 0 Å². The molecule has 1 aliphatic heterocycles. The lowest BCUT2D eigenvalue weighted by molar-refractivity contribution is 0.632. The standard InChI is InChI=1S/C57H38N2S/c1-57(2)49-19-9-11-21-53(49)59(37-25-27-43-41-15-4-3-13-39(41)40-14-5-6-16-42(40)46(43)33-37)54-29-24-36(32-50(54)57)35-23-28-52-47(31-35)44-17-7-10-20-51(44)58(52)38-26-30-56-48(34-38)45-18-8-12-22-55(45)60-56/h3-34H,1-2H3. The summed E-state index contributed by atoms with van der Waals surface area (Å²) in [5.41, 5.74) is 12.1. The molecular weight excluding hydrogens is 745 g/mol. The molecule has 0 atom stereocenters. The normalized spacial score (nSPS) is 13.6. The van der Waals surface area contributed by atoms with Crippen LogP contribution in [0.5, 0.6) is 0 Å². The van der Waals surface area contributed by atoms with Gasteiger partial charge in [-0.3, -0.25) is 0 Å². The number of hydrogen-bond donors (Lipinski definition) is 0. The third-order valence-electron chi connectivity index (χ3n) is 13.3. The molecule has 60 heavy (non-hydrogen) atoms. The highest BCUT2D eigenvalue weighted by Crippen LogP contribution is 2.53. The Hall–Kier alpha value is -7.20. The van der Waals surface area contributed by atoms with E-state index >= 15 is 0 Å². The van der Waals surface area contributed by atoms with Crippen LogP contribution < -0.4 is 4.90 Å². The van der Waals surface area contributed by atoms with Crippen molar-refractivity contribution < 1.29 is 0 Å². The summed E-state index contributed by atoms with van der Waals surface area (Å²) in [7, 11) is 0. The van der Waals surface area contributed by atoms with Crippen molar-refractivity contribution in [3.05, 3.63) is 205 Å². The van der Waals surface area contributed by atoms with Crippen LogP contribution in [0.4, 0.5) is 17.1 Å². The number of nitrogens with zero attached hydrogens (tertiary/aromatic N) is 2. The first-order valence-electron chi connectivity index (χ1n) is 20.8. The third-order valence-corrected chi connectivity index (χ3v) is 14.5. The predicted molar refractivity (Wildman–Crippen MR) is 258 cm³/mol. The number of hydrogen-bond acceptors (Lipinski definition) is 2. The molecule has 0 N–H and O–H groups in total. The van der Waals surface area contributed by atoms with E-state index in [-0.39, 0.29) is 5.41 Å².